The molecule has 120 valence electrons. The second-order valence-corrected chi connectivity index (χ2v) is 5.91. The molecule has 0 fully saturated rings. The minimum atomic E-state index is -0.484. The molecule has 0 atom stereocenters. The summed E-state index contributed by atoms with van der Waals surface area (Å²) in [7, 11) is 1.28. The normalized spacial score (nSPS) is 10.9. The lowest BCUT2D eigenvalue weighted by Gasteiger charge is -2.03. The van der Waals surface area contributed by atoms with Gasteiger partial charge in [-0.2, -0.15) is 9.50 Å². The zero-order chi connectivity index (χ0) is 16.4. The number of H-pyrrole nitrogens is 1. The molecule has 3 aromatic rings. The first-order valence-electron chi connectivity index (χ1n) is 6.90. The van der Waals surface area contributed by atoms with Gasteiger partial charge in [0, 0.05) is 4.88 Å². The Labute approximate surface area is 135 Å². The highest BCUT2D eigenvalue weighted by molar-refractivity contribution is 7.09. The van der Waals surface area contributed by atoms with Crippen LogP contribution < -0.4 is 10.9 Å². The number of methoxy groups -OCH3 is 1. The molecule has 0 aliphatic heterocycles. The summed E-state index contributed by atoms with van der Waals surface area (Å²) in [6.07, 6.45) is -0.117. The van der Waals surface area contributed by atoms with Crippen LogP contribution in [0.3, 0.4) is 0 Å². The molecule has 0 aromatic carbocycles. The van der Waals surface area contributed by atoms with E-state index in [-0.39, 0.29) is 17.8 Å². The number of nitrogens with zero attached hydrogens (tertiary/aromatic N) is 3. The summed E-state index contributed by atoms with van der Waals surface area (Å²) < 4.78 is 5.83. The summed E-state index contributed by atoms with van der Waals surface area (Å²) in [5.41, 5.74) is 0.411. The molecule has 0 radical (unpaired) electrons. The first-order chi connectivity index (χ1) is 11.1. The Bertz CT molecular complexity index is 897. The Morgan fingerprint density at radius 2 is 2.30 bits per heavy atom. The number of nitrogens with one attached hydrogen (secondary N) is 2. The van der Waals surface area contributed by atoms with Crippen molar-refractivity contribution in [1.82, 2.24) is 19.6 Å². The van der Waals surface area contributed by atoms with Crippen molar-refractivity contribution in [3.05, 3.63) is 44.0 Å². The number of carbonyl (C=O) groups excluding carboxylic acids is 1. The molecule has 8 nitrogen and oxygen atoms in total. The zero-order valence-corrected chi connectivity index (χ0v) is 13.4. The number of aryl methyl sites for hydroxylation is 1. The van der Waals surface area contributed by atoms with Crippen molar-refractivity contribution in [3.63, 3.8) is 0 Å². The van der Waals surface area contributed by atoms with Gasteiger partial charge < -0.3 is 10.1 Å². The summed E-state index contributed by atoms with van der Waals surface area (Å²) in [5, 5.41) is 7.95. The van der Waals surface area contributed by atoms with E-state index in [9.17, 15) is 9.59 Å². The van der Waals surface area contributed by atoms with Crippen molar-refractivity contribution in [2.75, 3.05) is 12.4 Å². The number of anilines is 1. The zero-order valence-electron chi connectivity index (χ0n) is 12.6. The fourth-order valence-corrected chi connectivity index (χ4v) is 2.78. The van der Waals surface area contributed by atoms with Gasteiger partial charge in [0.2, 0.25) is 5.95 Å². The van der Waals surface area contributed by atoms with E-state index in [4.69, 9.17) is 0 Å². The van der Waals surface area contributed by atoms with Gasteiger partial charge >= 0.3 is 5.97 Å². The maximum absolute atomic E-state index is 12.5. The molecule has 0 spiro atoms. The standard InChI is InChI=1S/C14H15N5O3S/c1-8-10(6-11(20)22-2)12(21)19-14(16-8)17-13(18-19)15-7-9-4-3-5-23-9/h3-5H,6-7H2,1-2H3,(H2,15,16,17,18). The Morgan fingerprint density at radius 3 is 3.00 bits per heavy atom. The van der Waals surface area contributed by atoms with Crippen LogP contribution in [0.25, 0.3) is 5.78 Å². The predicted octanol–water partition coefficient (Wildman–Crippen LogP) is 1.12. The van der Waals surface area contributed by atoms with E-state index in [0.717, 1.165) is 4.88 Å². The van der Waals surface area contributed by atoms with E-state index < -0.39 is 5.97 Å². The Balaban J connectivity index is 1.91. The molecule has 3 aromatic heterocycles. The highest BCUT2D eigenvalue weighted by atomic mass is 32.1. The fourth-order valence-electron chi connectivity index (χ4n) is 2.14. The van der Waals surface area contributed by atoms with E-state index in [0.29, 0.717) is 23.8 Å². The number of carbonyl (C=O) groups is 1. The molecule has 0 unspecified atom stereocenters. The summed E-state index contributed by atoms with van der Waals surface area (Å²) >= 11 is 1.63. The van der Waals surface area contributed by atoms with Gasteiger partial charge in [-0.25, -0.2) is 4.98 Å². The molecule has 0 amide bonds. The minimum Gasteiger partial charge on any atom is -0.469 e. The van der Waals surface area contributed by atoms with Crippen LogP contribution in [0, 0.1) is 6.92 Å². The fraction of sp³-hybridized carbons (Fsp3) is 0.286. The summed E-state index contributed by atoms with van der Waals surface area (Å²) in [5.74, 6) is 0.218. The van der Waals surface area contributed by atoms with E-state index in [1.54, 1.807) is 18.3 Å². The van der Waals surface area contributed by atoms with Crippen molar-refractivity contribution in [3.8, 4) is 0 Å². The van der Waals surface area contributed by atoms with Crippen molar-refractivity contribution in [2.24, 2.45) is 0 Å². The number of thiophene rings is 1. The lowest BCUT2D eigenvalue weighted by atomic mass is 10.2. The lowest BCUT2D eigenvalue weighted by Crippen LogP contribution is -2.24. The van der Waals surface area contributed by atoms with Gasteiger partial charge in [0.25, 0.3) is 11.3 Å². The van der Waals surface area contributed by atoms with Crippen molar-refractivity contribution >= 4 is 29.0 Å². The molecule has 0 saturated heterocycles. The average molecular weight is 333 g/mol. The summed E-state index contributed by atoms with van der Waals surface area (Å²) in [6.45, 7) is 2.27. The Hall–Kier alpha value is -2.68. The van der Waals surface area contributed by atoms with Crippen LogP contribution in [-0.2, 0) is 22.5 Å². The number of hydrogen-bond donors (Lipinski definition) is 2. The van der Waals surface area contributed by atoms with Gasteiger partial charge in [0.1, 0.15) is 0 Å². The predicted molar refractivity (Wildman–Crippen MR) is 85.7 cm³/mol. The van der Waals surface area contributed by atoms with Crippen molar-refractivity contribution < 1.29 is 9.53 Å². The van der Waals surface area contributed by atoms with Crippen LogP contribution in [0.2, 0.25) is 0 Å². The van der Waals surface area contributed by atoms with Gasteiger partial charge in [-0.1, -0.05) is 6.07 Å². The minimum absolute atomic E-state index is 0.117. The van der Waals surface area contributed by atoms with Crippen LogP contribution >= 0.6 is 11.3 Å². The van der Waals surface area contributed by atoms with E-state index in [2.05, 4.69) is 25.1 Å². The number of fused-ring (bicyclic) bond motifs is 1. The van der Waals surface area contributed by atoms with E-state index in [1.165, 1.54) is 11.6 Å². The van der Waals surface area contributed by atoms with Gasteiger partial charge in [0.05, 0.1) is 31.3 Å². The molecule has 9 heteroatoms. The second kappa shape index (κ2) is 6.21. The third-order valence-corrected chi connectivity index (χ3v) is 4.23. The second-order valence-electron chi connectivity index (χ2n) is 4.87. The number of hydrogen-bond acceptors (Lipinski definition) is 7. The van der Waals surface area contributed by atoms with Crippen LogP contribution in [0.4, 0.5) is 5.95 Å². The Kier molecular flexibility index (Phi) is 4.11. The SMILES string of the molecule is COC(=O)Cc1c(C)nc2nc(NCc3cccs3)[nH]n2c1=O. The third-order valence-electron chi connectivity index (χ3n) is 3.35. The summed E-state index contributed by atoms with van der Waals surface area (Å²) in [4.78, 5) is 33.6. The monoisotopic (exact) mass is 333 g/mol. The van der Waals surface area contributed by atoms with Crippen LogP contribution in [-0.4, -0.2) is 32.7 Å². The topological polar surface area (TPSA) is 101 Å². The molecule has 0 aliphatic carbocycles. The molecule has 0 saturated carbocycles. The molecule has 2 N–H and O–H groups in total. The summed E-state index contributed by atoms with van der Waals surface area (Å²) in [6, 6.07) is 3.97. The first-order valence-corrected chi connectivity index (χ1v) is 7.77. The van der Waals surface area contributed by atoms with Crippen LogP contribution in [0.15, 0.2) is 22.3 Å². The van der Waals surface area contributed by atoms with Gasteiger partial charge in [0.15, 0.2) is 0 Å². The number of rotatable bonds is 5. The van der Waals surface area contributed by atoms with Gasteiger partial charge in [-0.15, -0.1) is 11.3 Å². The number of aromatic amines is 1. The van der Waals surface area contributed by atoms with E-state index >= 15 is 0 Å². The molecule has 0 aliphatic rings. The van der Waals surface area contributed by atoms with Crippen molar-refractivity contribution in [2.45, 2.75) is 19.9 Å². The molecular formula is C14H15N5O3S. The highest BCUT2D eigenvalue weighted by Gasteiger charge is 2.16. The number of esters is 1. The molecular weight excluding hydrogens is 318 g/mol. The van der Waals surface area contributed by atoms with Gasteiger partial charge in [-0.05, 0) is 18.4 Å². The van der Waals surface area contributed by atoms with Crippen LogP contribution in [0.1, 0.15) is 16.1 Å². The first kappa shape index (κ1) is 15.2. The molecule has 3 heterocycles. The number of aromatic nitrogens is 4. The maximum atomic E-state index is 12.5. The maximum Gasteiger partial charge on any atom is 0.310 e. The molecule has 3 rings (SSSR count). The lowest BCUT2D eigenvalue weighted by molar-refractivity contribution is -0.139. The average Bonchev–Trinajstić information content (AvgIpc) is 3.18. The van der Waals surface area contributed by atoms with Crippen molar-refractivity contribution in [1.29, 1.82) is 0 Å². The number of ether oxygens (including phenoxy) is 1. The largest absolute Gasteiger partial charge is 0.469 e. The molecule has 23 heavy (non-hydrogen) atoms. The molecule has 0 bridgehead atoms. The van der Waals surface area contributed by atoms with E-state index in [1.807, 2.05) is 17.5 Å². The van der Waals surface area contributed by atoms with Crippen LogP contribution in [0.5, 0.6) is 0 Å². The highest BCUT2D eigenvalue weighted by Crippen LogP contribution is 2.11. The smallest absolute Gasteiger partial charge is 0.310 e. The van der Waals surface area contributed by atoms with Gasteiger partial charge in [-0.3, -0.25) is 14.7 Å². The Morgan fingerprint density at radius 1 is 1.48 bits per heavy atom. The quantitative estimate of drug-likeness (QED) is 0.678. The third kappa shape index (κ3) is 3.09.